The highest BCUT2D eigenvalue weighted by Gasteiger charge is 2.39. The lowest BCUT2D eigenvalue weighted by Gasteiger charge is -2.28. The molecule has 0 aliphatic carbocycles. The van der Waals surface area contributed by atoms with Crippen molar-refractivity contribution in [2.45, 2.75) is 46.3 Å². The molecule has 0 radical (unpaired) electrons. The number of hydrogen-bond acceptors (Lipinski definition) is 8. The van der Waals surface area contributed by atoms with Crippen molar-refractivity contribution >= 4 is 8.80 Å². The lowest BCUT2D eigenvalue weighted by atomic mass is 10.1. The van der Waals surface area contributed by atoms with E-state index in [1.807, 2.05) is 20.8 Å². The highest BCUT2D eigenvalue weighted by Crippen LogP contribution is 2.18. The Morgan fingerprint density at radius 2 is 1.26 bits per heavy atom. The first-order valence-electron chi connectivity index (χ1n) is 13.3. The SMILES string of the molecule is CCO[Si](CCCNCc1ccc(CN2CCNCCNCCNCC2)cc1)(OCC)OCC. The highest BCUT2D eigenvalue weighted by atomic mass is 28.4. The molecular formula is C25H49N5O3Si. The molecule has 1 aromatic rings. The summed E-state index contributed by atoms with van der Waals surface area (Å²) in [6, 6.07) is 9.90. The molecule has 0 amide bonds. The first kappa shape index (κ1) is 29.3. The number of hydrogen-bond donors (Lipinski definition) is 4. The molecule has 34 heavy (non-hydrogen) atoms. The number of nitrogens with zero attached hydrogens (tertiary/aromatic N) is 1. The van der Waals surface area contributed by atoms with Gasteiger partial charge in [0.2, 0.25) is 0 Å². The summed E-state index contributed by atoms with van der Waals surface area (Å²) in [6.07, 6.45) is 0.984. The maximum atomic E-state index is 5.94. The monoisotopic (exact) mass is 495 g/mol. The summed E-state index contributed by atoms with van der Waals surface area (Å²) in [7, 11) is -2.53. The van der Waals surface area contributed by atoms with Gasteiger partial charge in [-0.05, 0) is 44.9 Å². The van der Waals surface area contributed by atoms with Crippen molar-refractivity contribution in [3.05, 3.63) is 35.4 Å². The molecule has 4 N–H and O–H groups in total. The van der Waals surface area contributed by atoms with Gasteiger partial charge in [0.1, 0.15) is 0 Å². The van der Waals surface area contributed by atoms with Crippen molar-refractivity contribution in [2.75, 3.05) is 78.7 Å². The Morgan fingerprint density at radius 1 is 0.765 bits per heavy atom. The standard InChI is InChI=1S/C25H49N5O3Si/c1-4-31-34(32-5-2,33-6-3)21-7-12-29-22-24-8-10-25(11-9-24)23-30-19-17-27-15-13-26-14-16-28-18-20-30/h8-11,26-29H,4-7,12-23H2,1-3H3. The van der Waals surface area contributed by atoms with Gasteiger partial charge in [0.25, 0.3) is 0 Å². The zero-order valence-electron chi connectivity index (χ0n) is 21.8. The number of nitrogens with one attached hydrogen (secondary N) is 4. The summed E-state index contributed by atoms with van der Waals surface area (Å²) in [5, 5.41) is 14.1. The third-order valence-corrected chi connectivity index (χ3v) is 9.01. The van der Waals surface area contributed by atoms with E-state index in [1.165, 1.54) is 11.1 Å². The molecule has 1 aliphatic heterocycles. The fourth-order valence-electron chi connectivity index (χ4n) is 4.16. The molecule has 0 bridgehead atoms. The van der Waals surface area contributed by atoms with Gasteiger partial charge in [-0.1, -0.05) is 24.3 Å². The first-order valence-corrected chi connectivity index (χ1v) is 15.2. The van der Waals surface area contributed by atoms with Crippen LogP contribution in [0.1, 0.15) is 38.3 Å². The minimum atomic E-state index is -2.53. The third-order valence-electron chi connectivity index (χ3n) is 5.85. The average Bonchev–Trinajstić information content (AvgIpc) is 2.82. The van der Waals surface area contributed by atoms with Crippen LogP contribution in [0.15, 0.2) is 24.3 Å². The predicted octanol–water partition coefficient (Wildman–Crippen LogP) is 1.80. The van der Waals surface area contributed by atoms with Crippen LogP contribution in [-0.2, 0) is 26.4 Å². The van der Waals surface area contributed by atoms with E-state index in [9.17, 15) is 0 Å². The molecule has 1 aliphatic rings. The van der Waals surface area contributed by atoms with Gasteiger partial charge in [-0.2, -0.15) is 0 Å². The van der Waals surface area contributed by atoms with E-state index >= 15 is 0 Å². The maximum absolute atomic E-state index is 5.94. The summed E-state index contributed by atoms with van der Waals surface area (Å²) in [4.78, 5) is 2.54. The van der Waals surface area contributed by atoms with Crippen LogP contribution in [0.2, 0.25) is 6.04 Å². The van der Waals surface area contributed by atoms with Gasteiger partial charge in [-0.15, -0.1) is 0 Å². The highest BCUT2D eigenvalue weighted by molar-refractivity contribution is 6.60. The van der Waals surface area contributed by atoms with Gasteiger partial charge >= 0.3 is 8.80 Å². The second-order valence-corrected chi connectivity index (χ2v) is 11.3. The molecule has 1 aromatic carbocycles. The predicted molar refractivity (Wildman–Crippen MR) is 142 cm³/mol. The number of benzene rings is 1. The third kappa shape index (κ3) is 12.2. The molecule has 0 unspecified atom stereocenters. The van der Waals surface area contributed by atoms with Gasteiger partial charge in [0.05, 0.1) is 0 Å². The fourth-order valence-corrected chi connectivity index (χ4v) is 6.77. The van der Waals surface area contributed by atoms with Crippen molar-refractivity contribution in [3.63, 3.8) is 0 Å². The van der Waals surface area contributed by atoms with E-state index in [0.29, 0.717) is 19.8 Å². The lowest BCUT2D eigenvalue weighted by Crippen LogP contribution is -2.46. The average molecular weight is 496 g/mol. The van der Waals surface area contributed by atoms with Crippen molar-refractivity contribution in [2.24, 2.45) is 0 Å². The molecule has 196 valence electrons. The smallest absolute Gasteiger partial charge is 0.374 e. The Kier molecular flexibility index (Phi) is 15.9. The molecule has 0 atom stereocenters. The van der Waals surface area contributed by atoms with Gasteiger partial charge in [0.15, 0.2) is 0 Å². The minimum absolute atomic E-state index is 0.633. The molecule has 0 spiro atoms. The van der Waals surface area contributed by atoms with E-state index < -0.39 is 8.80 Å². The van der Waals surface area contributed by atoms with Gasteiger partial charge in [-0.3, -0.25) is 4.90 Å². The van der Waals surface area contributed by atoms with Crippen LogP contribution in [-0.4, -0.2) is 92.4 Å². The van der Waals surface area contributed by atoms with E-state index in [-0.39, 0.29) is 0 Å². The molecule has 8 nitrogen and oxygen atoms in total. The van der Waals surface area contributed by atoms with Crippen LogP contribution in [0.4, 0.5) is 0 Å². The maximum Gasteiger partial charge on any atom is 0.500 e. The van der Waals surface area contributed by atoms with Crippen LogP contribution in [0.25, 0.3) is 0 Å². The zero-order valence-corrected chi connectivity index (χ0v) is 22.8. The topological polar surface area (TPSA) is 79.1 Å². The molecule has 0 saturated carbocycles. The summed E-state index contributed by atoms with van der Waals surface area (Å²) in [5.41, 5.74) is 2.69. The van der Waals surface area contributed by atoms with E-state index in [4.69, 9.17) is 13.3 Å². The first-order chi connectivity index (χ1) is 16.7. The molecule has 1 fully saturated rings. The van der Waals surface area contributed by atoms with Crippen LogP contribution in [0, 0.1) is 0 Å². The number of rotatable bonds is 14. The summed E-state index contributed by atoms with van der Waals surface area (Å²) in [6.45, 7) is 19.0. The molecule has 1 heterocycles. The largest absolute Gasteiger partial charge is 0.500 e. The Bertz CT molecular complexity index is 594. The van der Waals surface area contributed by atoms with E-state index in [1.54, 1.807) is 0 Å². The summed E-state index contributed by atoms with van der Waals surface area (Å²) < 4.78 is 17.8. The van der Waals surface area contributed by atoms with Crippen LogP contribution in [0.3, 0.4) is 0 Å². The van der Waals surface area contributed by atoms with Gasteiger partial charge in [0, 0.05) is 91.3 Å². The van der Waals surface area contributed by atoms with Crippen molar-refractivity contribution < 1.29 is 13.3 Å². The molecule has 2 rings (SSSR count). The van der Waals surface area contributed by atoms with Crippen LogP contribution < -0.4 is 21.3 Å². The quantitative estimate of drug-likeness (QED) is 0.230. The fraction of sp³-hybridized carbons (Fsp3) is 0.760. The van der Waals surface area contributed by atoms with E-state index in [0.717, 1.165) is 84.5 Å². The minimum Gasteiger partial charge on any atom is -0.374 e. The van der Waals surface area contributed by atoms with Crippen molar-refractivity contribution in [1.82, 2.24) is 26.2 Å². The van der Waals surface area contributed by atoms with E-state index in [2.05, 4.69) is 50.4 Å². The van der Waals surface area contributed by atoms with Crippen LogP contribution in [0.5, 0.6) is 0 Å². The Labute approximate surface area is 208 Å². The summed E-state index contributed by atoms with van der Waals surface area (Å²) in [5.74, 6) is 0. The van der Waals surface area contributed by atoms with Crippen molar-refractivity contribution in [3.8, 4) is 0 Å². The Morgan fingerprint density at radius 3 is 1.79 bits per heavy atom. The molecule has 0 aromatic heterocycles. The van der Waals surface area contributed by atoms with Gasteiger partial charge in [-0.25, -0.2) is 0 Å². The zero-order chi connectivity index (χ0) is 24.3. The van der Waals surface area contributed by atoms with Crippen molar-refractivity contribution in [1.29, 1.82) is 0 Å². The normalized spacial score (nSPS) is 17.3. The second kappa shape index (κ2) is 18.4. The summed E-state index contributed by atoms with van der Waals surface area (Å²) >= 11 is 0. The Hall–Kier alpha value is -0.883. The van der Waals surface area contributed by atoms with Crippen LogP contribution >= 0.6 is 0 Å². The lowest BCUT2D eigenvalue weighted by molar-refractivity contribution is 0.0708. The molecule has 9 heteroatoms. The second-order valence-electron chi connectivity index (χ2n) is 8.61. The van der Waals surface area contributed by atoms with Gasteiger partial charge < -0.3 is 34.5 Å². The molecule has 1 saturated heterocycles. The molecular weight excluding hydrogens is 446 g/mol. The Balaban J connectivity index is 1.72.